The number of halogens is 1. The number of rotatable bonds is 5. The van der Waals surface area contributed by atoms with Crippen LogP contribution in [0.2, 0.25) is 0 Å². The van der Waals surface area contributed by atoms with Gasteiger partial charge in [-0.3, -0.25) is 9.69 Å². The normalized spacial score (nSPS) is 18.8. The van der Waals surface area contributed by atoms with Gasteiger partial charge in [0, 0.05) is 35.6 Å². The molecule has 0 N–H and O–H groups in total. The molecule has 1 amide bonds. The number of carbonyl (C=O) groups excluding carboxylic acids is 1. The van der Waals surface area contributed by atoms with Crippen molar-refractivity contribution < 1.29 is 17.6 Å². The average molecular weight is 358 g/mol. The highest BCUT2D eigenvalue weighted by Gasteiger charge is 2.34. The van der Waals surface area contributed by atoms with Crippen molar-refractivity contribution in [2.24, 2.45) is 5.92 Å². The van der Waals surface area contributed by atoms with Crippen LogP contribution in [-0.2, 0) is 20.4 Å². The minimum atomic E-state index is -3.62. The lowest BCUT2D eigenvalue weighted by molar-refractivity contribution is -0.117. The Bertz CT molecular complexity index is 827. The van der Waals surface area contributed by atoms with E-state index in [1.54, 1.807) is 21.8 Å². The molecule has 1 unspecified atom stereocenters. The highest BCUT2D eigenvalue weighted by atomic mass is 35.7. The molecule has 1 aliphatic heterocycles. The number of anilines is 1. The van der Waals surface area contributed by atoms with E-state index in [0.717, 1.165) is 11.5 Å². The summed E-state index contributed by atoms with van der Waals surface area (Å²) in [4.78, 5) is 13.8. The fourth-order valence-corrected chi connectivity index (χ4v) is 4.11. The zero-order valence-corrected chi connectivity index (χ0v) is 14.0. The quantitative estimate of drug-likeness (QED) is 0.761. The first-order valence-corrected chi connectivity index (χ1v) is 9.59. The third-order valence-electron chi connectivity index (χ3n) is 3.71. The lowest BCUT2D eigenvalue weighted by Crippen LogP contribution is -2.28. The lowest BCUT2D eigenvalue weighted by Gasteiger charge is -2.17. The molecule has 1 fully saturated rings. The van der Waals surface area contributed by atoms with Crippen molar-refractivity contribution in [3.8, 4) is 0 Å². The zero-order chi connectivity index (χ0) is 16.6. The van der Waals surface area contributed by atoms with Gasteiger partial charge in [0.05, 0.1) is 11.9 Å². The smallest absolute Gasteiger partial charge is 0.232 e. The Morgan fingerprint density at radius 2 is 2.17 bits per heavy atom. The van der Waals surface area contributed by atoms with Crippen LogP contribution >= 0.6 is 10.7 Å². The zero-order valence-electron chi connectivity index (χ0n) is 12.5. The van der Waals surface area contributed by atoms with Crippen LogP contribution in [-0.4, -0.2) is 36.4 Å². The SMILES string of the molecule is Cc1ccc(Cn2nccc2N2CC(CS(=O)(=O)Cl)CC2=O)o1. The van der Waals surface area contributed by atoms with Crippen LogP contribution in [0.1, 0.15) is 17.9 Å². The molecule has 124 valence electrons. The molecule has 3 rings (SSSR count). The summed E-state index contributed by atoms with van der Waals surface area (Å²) in [6.07, 6.45) is 1.76. The second-order valence-electron chi connectivity index (χ2n) is 5.64. The molecule has 7 nitrogen and oxygen atoms in total. The van der Waals surface area contributed by atoms with Gasteiger partial charge in [-0.1, -0.05) is 0 Å². The first kappa shape index (κ1) is 16.1. The standard InChI is InChI=1S/C14H16ClN3O4S/c1-10-2-3-12(22-10)8-18-13(4-5-16-18)17-7-11(6-14(17)19)9-23(15,20)21/h2-5,11H,6-9H2,1H3. The average Bonchev–Trinajstić information content (AvgIpc) is 3.10. The molecule has 0 aliphatic carbocycles. The number of aryl methyl sites for hydroxylation is 1. The Morgan fingerprint density at radius 1 is 1.39 bits per heavy atom. The van der Waals surface area contributed by atoms with Gasteiger partial charge in [-0.15, -0.1) is 0 Å². The third-order valence-corrected chi connectivity index (χ3v) is 4.96. The molecule has 3 heterocycles. The van der Waals surface area contributed by atoms with Gasteiger partial charge in [0.2, 0.25) is 15.0 Å². The van der Waals surface area contributed by atoms with Crippen molar-refractivity contribution in [3.63, 3.8) is 0 Å². The first-order chi connectivity index (χ1) is 10.8. The molecule has 23 heavy (non-hydrogen) atoms. The van der Waals surface area contributed by atoms with E-state index in [9.17, 15) is 13.2 Å². The molecule has 0 saturated carbocycles. The van der Waals surface area contributed by atoms with Crippen molar-refractivity contribution in [2.75, 3.05) is 17.2 Å². The van der Waals surface area contributed by atoms with E-state index in [0.29, 0.717) is 18.9 Å². The van der Waals surface area contributed by atoms with Crippen LogP contribution in [0.15, 0.2) is 28.8 Å². The molecule has 0 aromatic carbocycles. The molecule has 1 aliphatic rings. The molecular weight excluding hydrogens is 342 g/mol. The minimum absolute atomic E-state index is 0.132. The van der Waals surface area contributed by atoms with Gasteiger partial charge >= 0.3 is 0 Å². The van der Waals surface area contributed by atoms with Gasteiger partial charge in [-0.2, -0.15) is 5.10 Å². The van der Waals surface area contributed by atoms with Gasteiger partial charge in [0.25, 0.3) is 0 Å². The second kappa shape index (κ2) is 6.01. The molecule has 0 bridgehead atoms. The number of aromatic nitrogens is 2. The van der Waals surface area contributed by atoms with Crippen LogP contribution < -0.4 is 4.90 Å². The van der Waals surface area contributed by atoms with Crippen LogP contribution in [0.3, 0.4) is 0 Å². The number of hydrogen-bond acceptors (Lipinski definition) is 5. The van der Waals surface area contributed by atoms with Crippen molar-refractivity contribution in [1.29, 1.82) is 0 Å². The lowest BCUT2D eigenvalue weighted by atomic mass is 10.1. The summed E-state index contributed by atoms with van der Waals surface area (Å²) >= 11 is 0. The van der Waals surface area contributed by atoms with E-state index in [-0.39, 0.29) is 24.0 Å². The van der Waals surface area contributed by atoms with Crippen LogP contribution in [0, 0.1) is 12.8 Å². The molecule has 2 aromatic rings. The van der Waals surface area contributed by atoms with E-state index in [1.165, 1.54) is 0 Å². The Kier molecular flexibility index (Phi) is 4.20. The largest absolute Gasteiger partial charge is 0.464 e. The van der Waals surface area contributed by atoms with Gasteiger partial charge < -0.3 is 4.42 Å². The molecule has 0 radical (unpaired) electrons. The number of nitrogens with zero attached hydrogens (tertiary/aromatic N) is 3. The maximum Gasteiger partial charge on any atom is 0.232 e. The fourth-order valence-electron chi connectivity index (χ4n) is 2.79. The summed E-state index contributed by atoms with van der Waals surface area (Å²) in [5.74, 6) is 1.52. The number of furan rings is 1. The predicted octanol–water partition coefficient (Wildman–Crippen LogP) is 1.75. The maximum absolute atomic E-state index is 12.2. The van der Waals surface area contributed by atoms with E-state index < -0.39 is 9.05 Å². The van der Waals surface area contributed by atoms with Crippen LogP contribution in [0.5, 0.6) is 0 Å². The molecule has 9 heteroatoms. The predicted molar refractivity (Wildman–Crippen MR) is 84.9 cm³/mol. The summed E-state index contributed by atoms with van der Waals surface area (Å²) in [5.41, 5.74) is 0. The first-order valence-electron chi connectivity index (χ1n) is 7.11. The molecule has 1 atom stereocenters. The monoisotopic (exact) mass is 357 g/mol. The van der Waals surface area contributed by atoms with Gasteiger partial charge in [0.1, 0.15) is 23.9 Å². The van der Waals surface area contributed by atoms with Gasteiger partial charge in [-0.05, 0) is 19.1 Å². The van der Waals surface area contributed by atoms with E-state index in [4.69, 9.17) is 15.1 Å². The second-order valence-corrected chi connectivity index (χ2v) is 8.46. The maximum atomic E-state index is 12.2. The molecular formula is C14H16ClN3O4S. The van der Waals surface area contributed by atoms with Gasteiger partial charge in [0.15, 0.2) is 0 Å². The Morgan fingerprint density at radius 3 is 2.83 bits per heavy atom. The summed E-state index contributed by atoms with van der Waals surface area (Å²) < 4.78 is 29.6. The number of amides is 1. The molecule has 0 spiro atoms. The Labute approximate surface area is 138 Å². The fraction of sp³-hybridized carbons (Fsp3) is 0.429. The van der Waals surface area contributed by atoms with Gasteiger partial charge in [-0.25, -0.2) is 13.1 Å². The summed E-state index contributed by atoms with van der Waals surface area (Å²) in [6, 6.07) is 5.45. The van der Waals surface area contributed by atoms with Crippen LogP contribution in [0.25, 0.3) is 0 Å². The van der Waals surface area contributed by atoms with Crippen molar-refractivity contribution in [1.82, 2.24) is 9.78 Å². The number of carbonyl (C=O) groups is 1. The Balaban J connectivity index is 1.77. The van der Waals surface area contributed by atoms with E-state index in [1.807, 2.05) is 19.1 Å². The Hall–Kier alpha value is -1.80. The summed E-state index contributed by atoms with van der Waals surface area (Å²) in [5, 5.41) is 4.22. The topological polar surface area (TPSA) is 85.4 Å². The molecule has 2 aromatic heterocycles. The van der Waals surface area contributed by atoms with E-state index in [2.05, 4.69) is 5.10 Å². The highest BCUT2D eigenvalue weighted by molar-refractivity contribution is 8.13. The van der Waals surface area contributed by atoms with Crippen molar-refractivity contribution in [3.05, 3.63) is 35.9 Å². The third kappa shape index (κ3) is 3.76. The van der Waals surface area contributed by atoms with Crippen molar-refractivity contribution >= 4 is 31.5 Å². The molecule has 1 saturated heterocycles. The van der Waals surface area contributed by atoms with Crippen molar-refractivity contribution in [2.45, 2.75) is 19.9 Å². The highest BCUT2D eigenvalue weighted by Crippen LogP contribution is 2.27. The minimum Gasteiger partial charge on any atom is -0.464 e. The summed E-state index contributed by atoms with van der Waals surface area (Å²) in [7, 11) is 1.66. The summed E-state index contributed by atoms with van der Waals surface area (Å²) in [6.45, 7) is 2.57. The van der Waals surface area contributed by atoms with E-state index >= 15 is 0 Å². The number of hydrogen-bond donors (Lipinski definition) is 0. The van der Waals surface area contributed by atoms with Crippen LogP contribution in [0.4, 0.5) is 5.82 Å².